The number of aryl methyl sites for hydroxylation is 1. The minimum absolute atomic E-state index is 0.0775. The maximum atomic E-state index is 12.9. The number of rotatable bonds is 2. The lowest BCUT2D eigenvalue weighted by atomic mass is 10.1. The van der Waals surface area contributed by atoms with Gasteiger partial charge in [0.2, 0.25) is 0 Å². The summed E-state index contributed by atoms with van der Waals surface area (Å²) in [6.45, 7) is 4.67. The summed E-state index contributed by atoms with van der Waals surface area (Å²) in [5.41, 5.74) is 3.94. The van der Waals surface area contributed by atoms with E-state index >= 15 is 0 Å². The fraction of sp³-hybridized carbons (Fsp3) is 0.562. The van der Waals surface area contributed by atoms with Crippen LogP contribution in [0.5, 0.6) is 0 Å². The monoisotopic (exact) mass is 331 g/mol. The molecule has 128 valence electrons. The van der Waals surface area contributed by atoms with Gasteiger partial charge in [0.25, 0.3) is 5.91 Å². The summed E-state index contributed by atoms with van der Waals surface area (Å²) in [6.07, 6.45) is 0.979. The van der Waals surface area contributed by atoms with Gasteiger partial charge >= 0.3 is 0 Å². The van der Waals surface area contributed by atoms with Gasteiger partial charge in [0.15, 0.2) is 5.69 Å². The molecule has 0 spiro atoms. The van der Waals surface area contributed by atoms with Gasteiger partial charge in [-0.25, -0.2) is 0 Å². The quantitative estimate of drug-likeness (QED) is 0.848. The summed E-state index contributed by atoms with van der Waals surface area (Å²) >= 11 is 0. The molecule has 1 amide bonds. The lowest BCUT2D eigenvalue weighted by Gasteiger charge is -2.20. The number of aromatic amines is 1. The van der Waals surface area contributed by atoms with Crippen LogP contribution in [0, 0.1) is 0 Å². The first-order valence-corrected chi connectivity index (χ1v) is 8.31. The number of aliphatic hydroxyl groups is 1. The number of aromatic nitrogens is 4. The van der Waals surface area contributed by atoms with E-state index in [1.807, 2.05) is 10.7 Å². The highest BCUT2D eigenvalue weighted by atomic mass is 16.5. The minimum Gasteiger partial charge on any atom is -0.387 e. The number of fused-ring (bicyclic) bond motifs is 2. The molecule has 8 nitrogen and oxygen atoms in total. The number of aliphatic hydroxyl groups excluding tert-OH is 1. The van der Waals surface area contributed by atoms with Crippen LogP contribution in [-0.2, 0) is 30.9 Å². The molecule has 2 aromatic rings. The zero-order valence-electron chi connectivity index (χ0n) is 13.7. The molecule has 0 aromatic carbocycles. The molecular weight excluding hydrogens is 310 g/mol. The van der Waals surface area contributed by atoms with E-state index in [1.54, 1.807) is 11.8 Å². The summed E-state index contributed by atoms with van der Waals surface area (Å²) in [6, 6.07) is 1.87. The van der Waals surface area contributed by atoms with Gasteiger partial charge in [-0.1, -0.05) is 0 Å². The van der Waals surface area contributed by atoms with Crippen molar-refractivity contribution in [3.8, 4) is 0 Å². The van der Waals surface area contributed by atoms with Gasteiger partial charge in [-0.05, 0) is 19.4 Å². The molecule has 24 heavy (non-hydrogen) atoms. The third-order valence-corrected chi connectivity index (χ3v) is 4.65. The van der Waals surface area contributed by atoms with Crippen molar-refractivity contribution in [2.75, 3.05) is 13.2 Å². The number of nitrogens with zero attached hydrogens (tertiary/aromatic N) is 4. The van der Waals surface area contributed by atoms with Crippen LogP contribution < -0.4 is 0 Å². The Balaban J connectivity index is 1.59. The Morgan fingerprint density at radius 3 is 3.17 bits per heavy atom. The van der Waals surface area contributed by atoms with Crippen molar-refractivity contribution in [1.29, 1.82) is 0 Å². The van der Waals surface area contributed by atoms with Gasteiger partial charge in [-0.15, -0.1) is 0 Å². The lowest BCUT2D eigenvalue weighted by Crippen LogP contribution is -2.32. The molecule has 4 rings (SSSR count). The highest BCUT2D eigenvalue weighted by Gasteiger charge is 2.28. The van der Waals surface area contributed by atoms with Crippen LogP contribution in [0.25, 0.3) is 0 Å². The van der Waals surface area contributed by atoms with Crippen molar-refractivity contribution in [3.63, 3.8) is 0 Å². The van der Waals surface area contributed by atoms with E-state index in [-0.39, 0.29) is 5.91 Å². The van der Waals surface area contributed by atoms with Crippen LogP contribution in [0.2, 0.25) is 0 Å². The molecule has 1 atom stereocenters. The molecule has 0 radical (unpaired) electrons. The van der Waals surface area contributed by atoms with Crippen molar-refractivity contribution >= 4 is 5.91 Å². The van der Waals surface area contributed by atoms with E-state index in [0.717, 1.165) is 36.3 Å². The summed E-state index contributed by atoms with van der Waals surface area (Å²) < 4.78 is 7.36. The van der Waals surface area contributed by atoms with E-state index in [9.17, 15) is 9.90 Å². The van der Waals surface area contributed by atoms with Gasteiger partial charge in [0, 0.05) is 30.8 Å². The Kier molecular flexibility index (Phi) is 3.85. The lowest BCUT2D eigenvalue weighted by molar-refractivity contribution is 0.0726. The number of amides is 1. The number of H-pyrrole nitrogens is 1. The molecular formula is C16H21N5O3. The molecule has 0 unspecified atom stereocenters. The van der Waals surface area contributed by atoms with Gasteiger partial charge in [-0.2, -0.15) is 10.2 Å². The molecule has 0 saturated carbocycles. The third kappa shape index (κ3) is 2.61. The summed E-state index contributed by atoms with van der Waals surface area (Å²) in [7, 11) is 0. The molecule has 8 heteroatoms. The topological polar surface area (TPSA) is 96.3 Å². The van der Waals surface area contributed by atoms with E-state index < -0.39 is 6.10 Å². The standard InChI is InChI=1S/C16H21N5O3/c1-10(22)14-7-11-8-20(4-2-5-21(11)19-14)16(23)15-12-9-24-6-3-13(12)17-18-15/h7,10,22H,2-6,8-9H2,1H3,(H,17,18)/t10-/m0/s1. The summed E-state index contributed by atoms with van der Waals surface area (Å²) in [5.74, 6) is -0.0775. The molecule has 2 aromatic heterocycles. The average Bonchev–Trinajstić information content (AvgIpc) is 3.13. The van der Waals surface area contributed by atoms with Crippen molar-refractivity contribution in [2.24, 2.45) is 0 Å². The fourth-order valence-electron chi connectivity index (χ4n) is 3.30. The Morgan fingerprint density at radius 2 is 2.33 bits per heavy atom. The van der Waals surface area contributed by atoms with Crippen LogP contribution in [0.15, 0.2) is 6.07 Å². The molecule has 0 fully saturated rings. The maximum absolute atomic E-state index is 12.9. The first kappa shape index (κ1) is 15.3. The zero-order valence-corrected chi connectivity index (χ0v) is 13.7. The first-order chi connectivity index (χ1) is 11.6. The third-order valence-electron chi connectivity index (χ3n) is 4.65. The fourth-order valence-corrected chi connectivity index (χ4v) is 3.30. The van der Waals surface area contributed by atoms with E-state index in [1.165, 1.54) is 0 Å². The van der Waals surface area contributed by atoms with Gasteiger partial charge in [-0.3, -0.25) is 14.6 Å². The van der Waals surface area contributed by atoms with Gasteiger partial charge < -0.3 is 14.7 Å². The normalized spacial score (nSPS) is 18.7. The smallest absolute Gasteiger partial charge is 0.275 e. The Bertz CT molecular complexity index is 764. The summed E-state index contributed by atoms with van der Waals surface area (Å²) in [4.78, 5) is 14.7. The van der Waals surface area contributed by atoms with Gasteiger partial charge in [0.05, 0.1) is 37.3 Å². The highest BCUT2D eigenvalue weighted by Crippen LogP contribution is 2.22. The Morgan fingerprint density at radius 1 is 1.46 bits per heavy atom. The minimum atomic E-state index is -0.607. The Hall–Kier alpha value is -2.19. The first-order valence-electron chi connectivity index (χ1n) is 8.31. The van der Waals surface area contributed by atoms with Gasteiger partial charge in [0.1, 0.15) is 0 Å². The molecule has 0 saturated heterocycles. The number of ether oxygens (including phenoxy) is 1. The number of carbonyl (C=O) groups excluding carboxylic acids is 1. The van der Waals surface area contributed by atoms with Crippen molar-refractivity contribution in [1.82, 2.24) is 24.9 Å². The second-order valence-electron chi connectivity index (χ2n) is 6.37. The molecule has 2 aliphatic heterocycles. The van der Waals surface area contributed by atoms with E-state index in [2.05, 4.69) is 15.3 Å². The van der Waals surface area contributed by atoms with E-state index in [4.69, 9.17) is 4.74 Å². The number of hydrogen-bond acceptors (Lipinski definition) is 5. The molecule has 2 aliphatic rings. The van der Waals surface area contributed by atoms with Crippen molar-refractivity contribution in [2.45, 2.75) is 45.6 Å². The molecule has 2 N–H and O–H groups in total. The Labute approximate surface area is 139 Å². The van der Waals surface area contributed by atoms with E-state index in [0.29, 0.717) is 37.7 Å². The maximum Gasteiger partial charge on any atom is 0.275 e. The molecule has 4 heterocycles. The summed E-state index contributed by atoms with van der Waals surface area (Å²) in [5, 5.41) is 21.3. The zero-order chi connectivity index (χ0) is 16.7. The van der Waals surface area contributed by atoms with Crippen LogP contribution in [-0.4, -0.2) is 49.0 Å². The van der Waals surface area contributed by atoms with Crippen LogP contribution in [0.4, 0.5) is 0 Å². The predicted octanol–water partition coefficient (Wildman–Crippen LogP) is 0.778. The second-order valence-corrected chi connectivity index (χ2v) is 6.37. The van der Waals surface area contributed by atoms with Crippen LogP contribution in [0.1, 0.15) is 52.6 Å². The highest BCUT2D eigenvalue weighted by molar-refractivity contribution is 5.94. The number of nitrogens with one attached hydrogen (secondary N) is 1. The van der Waals surface area contributed by atoms with Crippen molar-refractivity contribution < 1.29 is 14.6 Å². The van der Waals surface area contributed by atoms with Crippen LogP contribution in [0.3, 0.4) is 0 Å². The molecule has 0 bridgehead atoms. The largest absolute Gasteiger partial charge is 0.387 e. The predicted molar refractivity (Wildman–Crippen MR) is 84.2 cm³/mol. The molecule has 0 aliphatic carbocycles. The second kappa shape index (κ2) is 6.03. The SMILES string of the molecule is C[C@H](O)c1cc2n(n1)CCCN(C(=O)c1n[nH]c3c1COCC3)C2. The van der Waals surface area contributed by atoms with Crippen LogP contribution >= 0.6 is 0 Å². The average molecular weight is 331 g/mol. The van der Waals surface area contributed by atoms with Crippen molar-refractivity contribution in [3.05, 3.63) is 34.4 Å². The number of hydrogen-bond donors (Lipinski definition) is 2. The number of carbonyl (C=O) groups is 1.